The van der Waals surface area contributed by atoms with Gasteiger partial charge in [0.25, 0.3) is 0 Å². The smallest absolute Gasteiger partial charge is 0.234 e. The number of nitrogens with one attached hydrogen (secondary N) is 1. The highest BCUT2D eigenvalue weighted by molar-refractivity contribution is 7.99. The van der Waals surface area contributed by atoms with E-state index in [1.807, 2.05) is 42.8 Å². The van der Waals surface area contributed by atoms with Gasteiger partial charge in [0, 0.05) is 19.2 Å². The molecule has 1 N–H and O–H groups in total. The molecule has 0 unspecified atom stereocenters. The fraction of sp³-hybridized carbons (Fsp3) is 0.438. The Labute approximate surface area is 135 Å². The maximum Gasteiger partial charge on any atom is 0.234 e. The van der Waals surface area contributed by atoms with E-state index in [0.29, 0.717) is 5.75 Å². The normalized spacial score (nSPS) is 10.7. The van der Waals surface area contributed by atoms with Crippen molar-refractivity contribution in [3.63, 3.8) is 0 Å². The predicted octanol–water partition coefficient (Wildman–Crippen LogP) is 3.20. The second-order valence-corrected chi connectivity index (χ2v) is 6.21. The molecule has 0 fully saturated rings. The highest BCUT2D eigenvalue weighted by atomic mass is 32.2. The number of rotatable bonds is 7. The van der Waals surface area contributed by atoms with Gasteiger partial charge in [0.05, 0.1) is 5.75 Å². The topological polar surface area (TPSA) is 59.8 Å². The Bertz CT molecular complexity index is 622. The Morgan fingerprint density at radius 2 is 2.00 bits per heavy atom. The molecule has 22 heavy (non-hydrogen) atoms. The molecule has 0 saturated carbocycles. The van der Waals surface area contributed by atoms with Crippen LogP contribution in [-0.2, 0) is 18.3 Å². The van der Waals surface area contributed by atoms with Gasteiger partial charge in [0.15, 0.2) is 5.16 Å². The first kappa shape index (κ1) is 16.5. The monoisotopic (exact) mass is 318 g/mol. The summed E-state index contributed by atoms with van der Waals surface area (Å²) in [5, 5.41) is 12.0. The van der Waals surface area contributed by atoms with Gasteiger partial charge in [0.1, 0.15) is 5.82 Å². The molecule has 0 saturated heterocycles. The Kier molecular flexibility index (Phi) is 6.00. The number of thioether (sulfide) groups is 1. The summed E-state index contributed by atoms with van der Waals surface area (Å²) in [6.07, 6.45) is 3.16. The average Bonchev–Trinajstić information content (AvgIpc) is 2.86. The van der Waals surface area contributed by atoms with Crippen LogP contribution in [0.2, 0.25) is 0 Å². The number of aryl methyl sites for hydroxylation is 2. The number of carbonyl (C=O) groups excluding carboxylic acids is 1. The number of carbonyl (C=O) groups is 1. The van der Waals surface area contributed by atoms with Crippen LogP contribution in [0.25, 0.3) is 0 Å². The first-order valence-electron chi connectivity index (χ1n) is 7.47. The fourth-order valence-electron chi connectivity index (χ4n) is 1.99. The number of benzene rings is 1. The van der Waals surface area contributed by atoms with E-state index in [4.69, 9.17) is 0 Å². The van der Waals surface area contributed by atoms with Gasteiger partial charge in [-0.1, -0.05) is 42.8 Å². The molecule has 0 aliphatic carbocycles. The summed E-state index contributed by atoms with van der Waals surface area (Å²) in [6.45, 7) is 4.17. The molecule has 1 aromatic heterocycles. The zero-order valence-electron chi connectivity index (χ0n) is 13.3. The lowest BCUT2D eigenvalue weighted by Crippen LogP contribution is -2.14. The Hall–Kier alpha value is -1.82. The largest absolute Gasteiger partial charge is 0.325 e. The molecule has 0 aliphatic rings. The molecule has 5 nitrogen and oxygen atoms in total. The zero-order valence-corrected chi connectivity index (χ0v) is 14.1. The molecule has 118 valence electrons. The molecule has 0 radical (unpaired) electrons. The minimum absolute atomic E-state index is 0.0352. The number of amides is 1. The Morgan fingerprint density at radius 1 is 1.27 bits per heavy atom. The maximum absolute atomic E-state index is 12.0. The van der Waals surface area contributed by atoms with E-state index < -0.39 is 0 Å². The van der Waals surface area contributed by atoms with Crippen molar-refractivity contribution in [1.29, 1.82) is 0 Å². The van der Waals surface area contributed by atoms with Crippen LogP contribution >= 0.6 is 11.8 Å². The average molecular weight is 318 g/mol. The van der Waals surface area contributed by atoms with Gasteiger partial charge in [-0.05, 0) is 25.5 Å². The van der Waals surface area contributed by atoms with E-state index >= 15 is 0 Å². The molecule has 1 heterocycles. The van der Waals surface area contributed by atoms with Crippen molar-refractivity contribution in [3.8, 4) is 0 Å². The Morgan fingerprint density at radius 3 is 2.68 bits per heavy atom. The van der Waals surface area contributed by atoms with Crippen LogP contribution in [0.4, 0.5) is 5.69 Å². The number of unbranched alkanes of at least 4 members (excludes halogenated alkanes) is 1. The van der Waals surface area contributed by atoms with Crippen molar-refractivity contribution in [2.75, 3.05) is 11.1 Å². The molecule has 0 bridgehead atoms. The van der Waals surface area contributed by atoms with Crippen molar-refractivity contribution < 1.29 is 4.79 Å². The lowest BCUT2D eigenvalue weighted by atomic mass is 10.2. The lowest BCUT2D eigenvalue weighted by molar-refractivity contribution is -0.113. The molecule has 6 heteroatoms. The summed E-state index contributed by atoms with van der Waals surface area (Å²) in [5.74, 6) is 1.27. The molecular formula is C16H22N4OS. The summed E-state index contributed by atoms with van der Waals surface area (Å²) < 4.78 is 1.97. The van der Waals surface area contributed by atoms with E-state index in [1.54, 1.807) is 0 Å². The SMILES string of the molecule is CCCCc1nnc(SCC(=O)Nc2ccc(C)cc2)n1C. The Balaban J connectivity index is 1.85. The van der Waals surface area contributed by atoms with Crippen LogP contribution in [0.15, 0.2) is 29.4 Å². The minimum atomic E-state index is -0.0352. The van der Waals surface area contributed by atoms with Crippen LogP contribution in [0, 0.1) is 6.92 Å². The molecule has 0 aliphatic heterocycles. The highest BCUT2D eigenvalue weighted by Crippen LogP contribution is 2.17. The second kappa shape index (κ2) is 7.98. The zero-order chi connectivity index (χ0) is 15.9. The number of aromatic nitrogens is 3. The summed E-state index contributed by atoms with van der Waals surface area (Å²) in [6, 6.07) is 7.77. The maximum atomic E-state index is 12.0. The minimum Gasteiger partial charge on any atom is -0.325 e. The summed E-state index contributed by atoms with van der Waals surface area (Å²) in [4.78, 5) is 12.0. The summed E-state index contributed by atoms with van der Waals surface area (Å²) in [5.41, 5.74) is 1.99. The van der Waals surface area contributed by atoms with E-state index in [1.165, 1.54) is 17.3 Å². The highest BCUT2D eigenvalue weighted by Gasteiger charge is 2.11. The number of hydrogen-bond acceptors (Lipinski definition) is 4. The van der Waals surface area contributed by atoms with Crippen molar-refractivity contribution >= 4 is 23.4 Å². The van der Waals surface area contributed by atoms with Gasteiger partial charge in [0.2, 0.25) is 5.91 Å². The van der Waals surface area contributed by atoms with E-state index in [0.717, 1.165) is 35.9 Å². The summed E-state index contributed by atoms with van der Waals surface area (Å²) in [7, 11) is 1.95. The molecule has 2 aromatic rings. The van der Waals surface area contributed by atoms with E-state index in [2.05, 4.69) is 22.4 Å². The van der Waals surface area contributed by atoms with Gasteiger partial charge < -0.3 is 9.88 Å². The van der Waals surface area contributed by atoms with Crippen LogP contribution in [0.1, 0.15) is 31.2 Å². The molecule has 1 amide bonds. The van der Waals surface area contributed by atoms with E-state index in [9.17, 15) is 4.79 Å². The third kappa shape index (κ3) is 4.59. The quantitative estimate of drug-likeness (QED) is 0.797. The molecule has 1 aromatic carbocycles. The third-order valence-corrected chi connectivity index (χ3v) is 4.37. The molecule has 0 spiro atoms. The lowest BCUT2D eigenvalue weighted by Gasteiger charge is -2.06. The standard InChI is InChI=1S/C16H22N4OS/c1-4-5-6-14-18-19-16(20(14)3)22-11-15(21)17-13-9-7-12(2)8-10-13/h7-10H,4-6,11H2,1-3H3,(H,17,21). The van der Waals surface area contributed by atoms with Crippen molar-refractivity contribution in [3.05, 3.63) is 35.7 Å². The fourth-order valence-corrected chi connectivity index (χ4v) is 2.72. The molecular weight excluding hydrogens is 296 g/mol. The van der Waals surface area contributed by atoms with Gasteiger partial charge in [-0.2, -0.15) is 0 Å². The van der Waals surface area contributed by atoms with E-state index in [-0.39, 0.29) is 5.91 Å². The predicted molar refractivity (Wildman–Crippen MR) is 90.1 cm³/mol. The van der Waals surface area contributed by atoms with Crippen molar-refractivity contribution in [1.82, 2.24) is 14.8 Å². The number of hydrogen-bond donors (Lipinski definition) is 1. The van der Waals surface area contributed by atoms with Crippen LogP contribution in [-0.4, -0.2) is 26.4 Å². The van der Waals surface area contributed by atoms with Gasteiger partial charge in [-0.25, -0.2) is 0 Å². The molecule has 0 atom stereocenters. The van der Waals surface area contributed by atoms with Gasteiger partial charge in [-0.15, -0.1) is 10.2 Å². The summed E-state index contributed by atoms with van der Waals surface area (Å²) >= 11 is 1.41. The van der Waals surface area contributed by atoms with Crippen LogP contribution < -0.4 is 5.32 Å². The number of nitrogens with zero attached hydrogens (tertiary/aromatic N) is 3. The van der Waals surface area contributed by atoms with Gasteiger partial charge >= 0.3 is 0 Å². The van der Waals surface area contributed by atoms with Gasteiger partial charge in [-0.3, -0.25) is 4.79 Å². The first-order chi connectivity index (χ1) is 10.6. The van der Waals surface area contributed by atoms with Crippen LogP contribution in [0.3, 0.4) is 0 Å². The van der Waals surface area contributed by atoms with Crippen molar-refractivity contribution in [2.24, 2.45) is 7.05 Å². The molecule has 2 rings (SSSR count). The second-order valence-electron chi connectivity index (χ2n) is 5.26. The third-order valence-electron chi connectivity index (χ3n) is 3.35. The van der Waals surface area contributed by atoms with Crippen LogP contribution in [0.5, 0.6) is 0 Å². The number of anilines is 1. The van der Waals surface area contributed by atoms with Crippen molar-refractivity contribution in [2.45, 2.75) is 38.3 Å². The first-order valence-corrected chi connectivity index (χ1v) is 8.46.